The fourth-order valence-corrected chi connectivity index (χ4v) is 4.42. The summed E-state index contributed by atoms with van der Waals surface area (Å²) in [4.78, 5) is 20.7. The number of hydrogen-bond donors (Lipinski definition) is 1. The van der Waals surface area contributed by atoms with E-state index in [0.29, 0.717) is 13.1 Å². The third-order valence-electron chi connectivity index (χ3n) is 6.13. The van der Waals surface area contributed by atoms with Gasteiger partial charge in [-0.3, -0.25) is 9.47 Å². The smallest absolute Gasteiger partial charge is 0.167 e. The Bertz CT molecular complexity index is 1000. The van der Waals surface area contributed by atoms with Crippen molar-refractivity contribution in [2.24, 2.45) is 0 Å². The fraction of sp³-hybridized carbons (Fsp3) is 0.500. The highest BCUT2D eigenvalue weighted by Crippen LogP contribution is 2.28. The molecule has 0 unspecified atom stereocenters. The molecule has 2 saturated heterocycles. The van der Waals surface area contributed by atoms with E-state index in [-0.39, 0.29) is 18.9 Å². The van der Waals surface area contributed by atoms with Crippen LogP contribution in [0.25, 0.3) is 11.2 Å². The minimum Gasteiger partial charge on any atom is -0.394 e. The van der Waals surface area contributed by atoms with Gasteiger partial charge in [-0.15, -0.1) is 0 Å². The van der Waals surface area contributed by atoms with Gasteiger partial charge in [-0.1, -0.05) is 30.3 Å². The van der Waals surface area contributed by atoms with Gasteiger partial charge in [0.2, 0.25) is 0 Å². The van der Waals surface area contributed by atoms with Gasteiger partial charge in [-0.2, -0.15) is 0 Å². The molecule has 1 aromatic carbocycles. The molecule has 0 radical (unpaired) electrons. The van der Waals surface area contributed by atoms with E-state index in [1.807, 2.05) is 10.6 Å². The maximum absolute atomic E-state index is 9.83. The molecule has 1 N–H and O–H groups in total. The van der Waals surface area contributed by atoms with E-state index in [4.69, 9.17) is 4.74 Å². The van der Waals surface area contributed by atoms with E-state index >= 15 is 0 Å². The molecule has 0 amide bonds. The largest absolute Gasteiger partial charge is 0.394 e. The number of likely N-dealkylation sites (N-methyl/N-ethyl adjacent to an activating group) is 1. The molecule has 2 atom stereocenters. The second-order valence-electron chi connectivity index (χ2n) is 8.39. The molecular formula is C22H29N7O2. The Morgan fingerprint density at radius 1 is 1.03 bits per heavy atom. The molecule has 0 spiro atoms. The highest BCUT2D eigenvalue weighted by atomic mass is 16.5. The van der Waals surface area contributed by atoms with Crippen LogP contribution in [0.15, 0.2) is 43.0 Å². The molecule has 2 fully saturated rings. The van der Waals surface area contributed by atoms with Crippen molar-refractivity contribution in [2.45, 2.75) is 18.9 Å². The van der Waals surface area contributed by atoms with Gasteiger partial charge in [0.25, 0.3) is 0 Å². The summed E-state index contributed by atoms with van der Waals surface area (Å²) >= 11 is 0. The number of aromatic nitrogens is 4. The van der Waals surface area contributed by atoms with Crippen molar-refractivity contribution in [3.8, 4) is 0 Å². The number of rotatable bonds is 5. The zero-order valence-electron chi connectivity index (χ0n) is 17.8. The highest BCUT2D eigenvalue weighted by Gasteiger charge is 2.30. The van der Waals surface area contributed by atoms with E-state index in [0.717, 1.165) is 49.7 Å². The van der Waals surface area contributed by atoms with Gasteiger partial charge >= 0.3 is 0 Å². The number of imidazole rings is 1. The first-order valence-electron chi connectivity index (χ1n) is 10.8. The first kappa shape index (κ1) is 20.3. The zero-order chi connectivity index (χ0) is 21.2. The van der Waals surface area contributed by atoms with Crippen LogP contribution < -0.4 is 4.90 Å². The SMILES string of the molecule is CN1CCN(c2ncnc3c2ncn3[C@H]2CN(Cc3ccccc3)C[C@@H](CO)O2)CC1. The average Bonchev–Trinajstić information content (AvgIpc) is 3.24. The molecule has 0 saturated carbocycles. The van der Waals surface area contributed by atoms with Crippen LogP contribution in [0, 0.1) is 0 Å². The van der Waals surface area contributed by atoms with E-state index in [9.17, 15) is 5.11 Å². The van der Waals surface area contributed by atoms with Crippen molar-refractivity contribution in [1.82, 2.24) is 29.3 Å². The van der Waals surface area contributed by atoms with Gasteiger partial charge in [-0.25, -0.2) is 15.0 Å². The van der Waals surface area contributed by atoms with E-state index in [1.54, 1.807) is 12.7 Å². The number of aliphatic hydroxyl groups excluding tert-OH is 1. The molecular weight excluding hydrogens is 394 g/mol. The molecule has 0 bridgehead atoms. The summed E-state index contributed by atoms with van der Waals surface area (Å²) in [5, 5.41) is 9.83. The topological polar surface area (TPSA) is 82.8 Å². The number of ether oxygens (including phenoxy) is 1. The van der Waals surface area contributed by atoms with Crippen molar-refractivity contribution in [3.63, 3.8) is 0 Å². The number of morpholine rings is 1. The predicted molar refractivity (Wildman–Crippen MR) is 118 cm³/mol. The lowest BCUT2D eigenvalue weighted by atomic mass is 10.2. The first-order chi connectivity index (χ1) is 15.2. The van der Waals surface area contributed by atoms with Crippen LogP contribution in [0.3, 0.4) is 0 Å². The number of fused-ring (bicyclic) bond motifs is 1. The summed E-state index contributed by atoms with van der Waals surface area (Å²) < 4.78 is 8.19. The Hall–Kier alpha value is -2.59. The van der Waals surface area contributed by atoms with Gasteiger partial charge in [-0.05, 0) is 12.6 Å². The summed E-state index contributed by atoms with van der Waals surface area (Å²) in [7, 11) is 2.14. The Morgan fingerprint density at radius 3 is 2.61 bits per heavy atom. The normalized spacial score (nSPS) is 23.5. The van der Waals surface area contributed by atoms with Crippen molar-refractivity contribution < 1.29 is 9.84 Å². The van der Waals surface area contributed by atoms with Gasteiger partial charge in [0.15, 0.2) is 17.0 Å². The first-order valence-corrected chi connectivity index (χ1v) is 10.8. The van der Waals surface area contributed by atoms with Gasteiger partial charge in [0.05, 0.1) is 19.0 Å². The van der Waals surface area contributed by atoms with Gasteiger partial charge in [0, 0.05) is 45.8 Å². The molecule has 2 aliphatic heterocycles. The maximum Gasteiger partial charge on any atom is 0.167 e. The van der Waals surface area contributed by atoms with Crippen LogP contribution in [0.4, 0.5) is 5.82 Å². The molecule has 164 valence electrons. The van der Waals surface area contributed by atoms with Crippen molar-refractivity contribution in [2.75, 3.05) is 57.8 Å². The van der Waals surface area contributed by atoms with E-state index in [2.05, 4.69) is 61.0 Å². The molecule has 2 aliphatic rings. The standard InChI is InChI=1S/C22H29N7O2/c1-26-7-9-28(10-8-26)21-20-22(24-15-23-21)29(16-25-20)19-13-27(12-18(14-30)31-19)11-17-5-3-2-4-6-17/h2-6,15-16,18-19,30H,7-14H2,1H3/t18-,19+/m0/s1. The monoisotopic (exact) mass is 423 g/mol. The zero-order valence-corrected chi connectivity index (χ0v) is 17.8. The number of hydrogen-bond acceptors (Lipinski definition) is 8. The van der Waals surface area contributed by atoms with Crippen LogP contribution in [0.1, 0.15) is 11.8 Å². The minimum atomic E-state index is -0.269. The number of aliphatic hydroxyl groups is 1. The summed E-state index contributed by atoms with van der Waals surface area (Å²) in [6.07, 6.45) is 2.89. The molecule has 31 heavy (non-hydrogen) atoms. The lowest BCUT2D eigenvalue weighted by Crippen LogP contribution is -2.46. The van der Waals surface area contributed by atoms with E-state index < -0.39 is 0 Å². The van der Waals surface area contributed by atoms with Crippen LogP contribution in [0.5, 0.6) is 0 Å². The van der Waals surface area contributed by atoms with Crippen LogP contribution >= 0.6 is 0 Å². The highest BCUT2D eigenvalue weighted by molar-refractivity contribution is 5.83. The number of nitrogens with zero attached hydrogens (tertiary/aromatic N) is 7. The van der Waals surface area contributed by atoms with Crippen LogP contribution in [-0.4, -0.2) is 93.5 Å². The molecule has 2 aromatic heterocycles. The molecule has 4 heterocycles. The summed E-state index contributed by atoms with van der Waals surface area (Å²) in [5.41, 5.74) is 2.82. The lowest BCUT2D eigenvalue weighted by molar-refractivity contribution is -0.135. The second-order valence-corrected chi connectivity index (χ2v) is 8.39. The van der Waals surface area contributed by atoms with Crippen LogP contribution in [0.2, 0.25) is 0 Å². The van der Waals surface area contributed by atoms with Crippen molar-refractivity contribution >= 4 is 17.0 Å². The summed E-state index contributed by atoms with van der Waals surface area (Å²) in [5.74, 6) is 0.882. The Labute approximate surface area is 181 Å². The number of benzene rings is 1. The Morgan fingerprint density at radius 2 is 1.84 bits per heavy atom. The third-order valence-corrected chi connectivity index (χ3v) is 6.13. The predicted octanol–water partition coefficient (Wildman–Crippen LogP) is 0.970. The third kappa shape index (κ3) is 4.27. The summed E-state index contributed by atoms with van der Waals surface area (Å²) in [6, 6.07) is 10.4. The van der Waals surface area contributed by atoms with Crippen molar-refractivity contribution in [3.05, 3.63) is 48.5 Å². The number of piperazine rings is 1. The molecule has 0 aliphatic carbocycles. The van der Waals surface area contributed by atoms with Gasteiger partial charge < -0.3 is 19.6 Å². The Balaban J connectivity index is 1.40. The quantitative estimate of drug-likeness (QED) is 0.650. The minimum absolute atomic E-state index is 0.0179. The average molecular weight is 424 g/mol. The molecule has 9 heteroatoms. The number of anilines is 1. The summed E-state index contributed by atoms with van der Waals surface area (Å²) in [6.45, 7) is 6.04. The maximum atomic E-state index is 9.83. The fourth-order valence-electron chi connectivity index (χ4n) is 4.42. The molecule has 5 rings (SSSR count). The Kier molecular flexibility index (Phi) is 5.82. The molecule has 9 nitrogen and oxygen atoms in total. The lowest BCUT2D eigenvalue weighted by Gasteiger charge is -2.38. The molecule has 3 aromatic rings. The van der Waals surface area contributed by atoms with E-state index in [1.165, 1.54) is 5.56 Å². The van der Waals surface area contributed by atoms with Crippen molar-refractivity contribution in [1.29, 1.82) is 0 Å². The van der Waals surface area contributed by atoms with Gasteiger partial charge in [0.1, 0.15) is 12.6 Å². The van der Waals surface area contributed by atoms with Crippen LogP contribution in [-0.2, 0) is 11.3 Å². The second kappa shape index (κ2) is 8.88.